The van der Waals surface area contributed by atoms with Crippen LogP contribution in [0.1, 0.15) is 31.4 Å². The maximum atomic E-state index is 5.74. The van der Waals surface area contributed by atoms with E-state index in [0.29, 0.717) is 6.61 Å². The molecular weight excluding hydrogens is 284 g/mol. The van der Waals surface area contributed by atoms with Gasteiger partial charge in [-0.15, -0.1) is 0 Å². The number of allylic oxidation sites excluding steroid dienone is 1. The summed E-state index contributed by atoms with van der Waals surface area (Å²) in [6.45, 7) is 5.59. The van der Waals surface area contributed by atoms with Crippen LogP contribution >= 0.6 is 0 Å². The van der Waals surface area contributed by atoms with Crippen LogP contribution in [0.4, 0.5) is 0 Å². The molecule has 2 aromatic rings. The van der Waals surface area contributed by atoms with Gasteiger partial charge in [0, 0.05) is 6.42 Å². The van der Waals surface area contributed by atoms with Crippen molar-refractivity contribution in [1.82, 2.24) is 0 Å². The summed E-state index contributed by atoms with van der Waals surface area (Å²) in [5, 5.41) is 0. The molecule has 2 rings (SSSR count). The average molecular weight is 310 g/mol. The molecule has 0 N–H and O–H groups in total. The van der Waals surface area contributed by atoms with Gasteiger partial charge in [-0.1, -0.05) is 49.4 Å². The summed E-state index contributed by atoms with van der Waals surface area (Å²) in [6, 6.07) is 18.7. The highest BCUT2D eigenvalue weighted by Gasteiger charge is 2.00. The number of hydrogen-bond acceptors (Lipinski definition) is 2. The molecule has 0 heterocycles. The molecule has 0 atom stereocenters. The molecule has 0 unspecified atom stereocenters. The van der Waals surface area contributed by atoms with Crippen LogP contribution in [-0.2, 0) is 17.6 Å². The maximum absolute atomic E-state index is 5.74. The van der Waals surface area contributed by atoms with Crippen LogP contribution in [0.15, 0.2) is 66.4 Å². The predicted octanol–water partition coefficient (Wildman–Crippen LogP) is 5.18. The molecule has 0 radical (unpaired) electrons. The Morgan fingerprint density at radius 3 is 2.30 bits per heavy atom. The molecule has 2 aromatic carbocycles. The fourth-order valence-electron chi connectivity index (χ4n) is 2.38. The van der Waals surface area contributed by atoms with Gasteiger partial charge in [-0.2, -0.15) is 0 Å². The van der Waals surface area contributed by atoms with Gasteiger partial charge < -0.3 is 9.47 Å². The van der Waals surface area contributed by atoms with E-state index in [-0.39, 0.29) is 0 Å². The minimum Gasteiger partial charge on any atom is -0.501 e. The molecule has 0 saturated heterocycles. The van der Waals surface area contributed by atoms with Crippen molar-refractivity contribution in [1.29, 1.82) is 0 Å². The van der Waals surface area contributed by atoms with Gasteiger partial charge in [0.05, 0.1) is 19.5 Å². The van der Waals surface area contributed by atoms with Crippen molar-refractivity contribution in [2.75, 3.05) is 13.2 Å². The quantitative estimate of drug-likeness (QED) is 0.469. The first-order valence-electron chi connectivity index (χ1n) is 8.37. The summed E-state index contributed by atoms with van der Waals surface area (Å²) in [5.41, 5.74) is 3.90. The Labute approximate surface area is 139 Å². The fourth-order valence-corrected chi connectivity index (χ4v) is 2.38. The van der Waals surface area contributed by atoms with Crippen molar-refractivity contribution in [2.24, 2.45) is 0 Å². The van der Waals surface area contributed by atoms with Crippen molar-refractivity contribution in [3.05, 3.63) is 77.6 Å². The van der Waals surface area contributed by atoms with E-state index in [4.69, 9.17) is 9.47 Å². The monoisotopic (exact) mass is 310 g/mol. The molecule has 0 aliphatic carbocycles. The molecule has 2 heteroatoms. The highest BCUT2D eigenvalue weighted by Crippen LogP contribution is 2.16. The predicted molar refractivity (Wildman–Crippen MR) is 95.8 cm³/mol. The molecule has 0 amide bonds. The van der Waals surface area contributed by atoms with E-state index in [1.165, 1.54) is 16.7 Å². The van der Waals surface area contributed by atoms with Gasteiger partial charge >= 0.3 is 0 Å². The Morgan fingerprint density at radius 1 is 0.913 bits per heavy atom. The molecule has 0 aromatic heterocycles. The van der Waals surface area contributed by atoms with E-state index in [2.05, 4.69) is 43.3 Å². The van der Waals surface area contributed by atoms with Gasteiger partial charge in [0.15, 0.2) is 0 Å². The second-order valence-electron chi connectivity index (χ2n) is 5.49. The SMILES string of the molecule is CCOc1ccc(CC(=COCCc2ccccc2)CC)cc1. The minimum atomic E-state index is 0.703. The van der Waals surface area contributed by atoms with E-state index < -0.39 is 0 Å². The first kappa shape index (κ1) is 17.1. The van der Waals surface area contributed by atoms with Crippen molar-refractivity contribution >= 4 is 0 Å². The highest BCUT2D eigenvalue weighted by atomic mass is 16.5. The number of rotatable bonds is 9. The first-order valence-corrected chi connectivity index (χ1v) is 8.37. The fraction of sp³-hybridized carbons (Fsp3) is 0.333. The standard InChI is InChI=1S/C21H26O2/c1-3-18(16-20-10-12-21(13-11-20)23-4-2)17-22-15-14-19-8-6-5-7-9-19/h5-13,17H,3-4,14-16H2,1-2H3. The van der Waals surface area contributed by atoms with Gasteiger partial charge in [-0.05, 0) is 48.6 Å². The lowest BCUT2D eigenvalue weighted by atomic mass is 10.0. The van der Waals surface area contributed by atoms with E-state index in [1.54, 1.807) is 0 Å². The lowest BCUT2D eigenvalue weighted by Gasteiger charge is -2.08. The second kappa shape index (κ2) is 9.73. The topological polar surface area (TPSA) is 18.5 Å². The van der Waals surface area contributed by atoms with Crippen LogP contribution in [0.5, 0.6) is 5.75 Å². The molecule has 122 valence electrons. The number of benzene rings is 2. The summed E-state index contributed by atoms with van der Waals surface area (Å²) in [7, 11) is 0. The summed E-state index contributed by atoms with van der Waals surface area (Å²) in [5.74, 6) is 0.928. The van der Waals surface area contributed by atoms with Gasteiger partial charge in [-0.3, -0.25) is 0 Å². The van der Waals surface area contributed by atoms with E-state index >= 15 is 0 Å². The van der Waals surface area contributed by atoms with Crippen LogP contribution in [-0.4, -0.2) is 13.2 Å². The molecule has 0 spiro atoms. The molecule has 0 bridgehead atoms. The van der Waals surface area contributed by atoms with Crippen molar-refractivity contribution < 1.29 is 9.47 Å². The number of hydrogen-bond donors (Lipinski definition) is 0. The Balaban J connectivity index is 1.81. The van der Waals surface area contributed by atoms with E-state index in [1.807, 2.05) is 31.4 Å². The average Bonchev–Trinajstić information content (AvgIpc) is 2.60. The molecule has 23 heavy (non-hydrogen) atoms. The molecule has 2 nitrogen and oxygen atoms in total. The Kier molecular flexibility index (Phi) is 7.25. The summed E-state index contributed by atoms with van der Waals surface area (Å²) < 4.78 is 11.2. The van der Waals surface area contributed by atoms with Crippen LogP contribution in [0.3, 0.4) is 0 Å². The number of ether oxygens (including phenoxy) is 2. The van der Waals surface area contributed by atoms with Crippen LogP contribution in [0, 0.1) is 0 Å². The summed E-state index contributed by atoms with van der Waals surface area (Å²) in [6.07, 6.45) is 4.80. The maximum Gasteiger partial charge on any atom is 0.119 e. The first-order chi connectivity index (χ1) is 11.3. The second-order valence-corrected chi connectivity index (χ2v) is 5.49. The Bertz CT molecular complexity index is 585. The van der Waals surface area contributed by atoms with Gasteiger partial charge in [0.2, 0.25) is 0 Å². The van der Waals surface area contributed by atoms with Crippen molar-refractivity contribution in [3.63, 3.8) is 0 Å². The zero-order valence-corrected chi connectivity index (χ0v) is 14.1. The molecular formula is C21H26O2. The zero-order chi connectivity index (χ0) is 16.3. The summed E-state index contributed by atoms with van der Waals surface area (Å²) >= 11 is 0. The Morgan fingerprint density at radius 2 is 1.65 bits per heavy atom. The van der Waals surface area contributed by atoms with Gasteiger partial charge in [0.25, 0.3) is 0 Å². The third-order valence-electron chi connectivity index (χ3n) is 3.72. The van der Waals surface area contributed by atoms with Crippen LogP contribution < -0.4 is 4.74 Å². The van der Waals surface area contributed by atoms with Crippen molar-refractivity contribution in [2.45, 2.75) is 33.1 Å². The molecule has 0 saturated carbocycles. The van der Waals surface area contributed by atoms with Crippen LogP contribution in [0.25, 0.3) is 0 Å². The van der Waals surface area contributed by atoms with E-state index in [0.717, 1.165) is 31.6 Å². The molecule has 0 fully saturated rings. The lowest BCUT2D eigenvalue weighted by molar-refractivity contribution is 0.249. The largest absolute Gasteiger partial charge is 0.501 e. The lowest BCUT2D eigenvalue weighted by Crippen LogP contribution is -1.97. The normalized spacial score (nSPS) is 11.3. The van der Waals surface area contributed by atoms with E-state index in [9.17, 15) is 0 Å². The van der Waals surface area contributed by atoms with Crippen LogP contribution in [0.2, 0.25) is 0 Å². The summed E-state index contributed by atoms with van der Waals surface area (Å²) in [4.78, 5) is 0. The van der Waals surface area contributed by atoms with Gasteiger partial charge in [0.1, 0.15) is 5.75 Å². The Hall–Kier alpha value is -2.22. The third kappa shape index (κ3) is 6.19. The smallest absolute Gasteiger partial charge is 0.119 e. The molecule has 0 aliphatic heterocycles. The zero-order valence-electron chi connectivity index (χ0n) is 14.1. The minimum absolute atomic E-state index is 0.703. The molecule has 0 aliphatic rings. The van der Waals surface area contributed by atoms with Gasteiger partial charge in [-0.25, -0.2) is 0 Å². The third-order valence-corrected chi connectivity index (χ3v) is 3.72. The van der Waals surface area contributed by atoms with Crippen molar-refractivity contribution in [3.8, 4) is 5.75 Å². The highest BCUT2D eigenvalue weighted by molar-refractivity contribution is 5.29.